The molecule has 0 aliphatic heterocycles. The zero-order chi connectivity index (χ0) is 15.4. The maximum atomic E-state index is 12.6. The quantitative estimate of drug-likeness (QED) is 0.365. The average Bonchev–Trinajstić information content (AvgIpc) is 3.10. The minimum atomic E-state index is 0.182. The standard InChI is InChI=1S/C19H15OS2/c1-10-8-11(2)15(12(3)9-10)16-13-4-6-21-18(13)17(20)19-14(16)5-7-22-19/h4-9H,1-3H3. The molecule has 0 N–H and O–H groups in total. The summed E-state index contributed by atoms with van der Waals surface area (Å²) in [6, 6.07) is 8.63. The van der Waals surface area contributed by atoms with Crippen LogP contribution in [0, 0.1) is 20.8 Å². The molecule has 0 atom stereocenters. The molecule has 2 heterocycles. The van der Waals surface area contributed by atoms with E-state index in [0.29, 0.717) is 0 Å². The normalized spacial score (nSPS) is 11.6. The lowest BCUT2D eigenvalue weighted by atomic mass is 9.90. The Morgan fingerprint density at radius 3 is 1.77 bits per heavy atom. The molecule has 0 amide bonds. The minimum Gasteiger partial charge on any atom is -0.287 e. The Balaban J connectivity index is 2.25. The van der Waals surface area contributed by atoms with E-state index in [1.54, 1.807) is 22.7 Å². The lowest BCUT2D eigenvalue weighted by Gasteiger charge is -2.14. The molecule has 2 aromatic heterocycles. The van der Waals surface area contributed by atoms with Gasteiger partial charge in [0.15, 0.2) is 0 Å². The first-order valence-electron chi connectivity index (χ1n) is 7.23. The maximum Gasteiger partial charge on any atom is 0.214 e. The number of hydrogen-bond acceptors (Lipinski definition) is 2. The highest BCUT2D eigenvalue weighted by Gasteiger charge is 2.20. The molecular weight excluding hydrogens is 308 g/mol. The first-order valence-corrected chi connectivity index (χ1v) is 8.99. The molecule has 2 aromatic carbocycles. The Kier molecular flexibility index (Phi) is 3.03. The van der Waals surface area contributed by atoms with E-state index in [2.05, 4.69) is 45.0 Å². The van der Waals surface area contributed by atoms with Gasteiger partial charge in [-0.3, -0.25) is 5.11 Å². The van der Waals surface area contributed by atoms with Gasteiger partial charge in [-0.25, -0.2) is 0 Å². The summed E-state index contributed by atoms with van der Waals surface area (Å²) in [7, 11) is 0. The molecule has 4 aromatic rings. The van der Waals surface area contributed by atoms with Gasteiger partial charge in [-0.15, -0.1) is 22.7 Å². The van der Waals surface area contributed by atoms with Crippen LogP contribution >= 0.6 is 22.7 Å². The van der Waals surface area contributed by atoms with E-state index in [0.717, 1.165) is 20.2 Å². The van der Waals surface area contributed by atoms with E-state index in [1.807, 2.05) is 10.8 Å². The van der Waals surface area contributed by atoms with Crippen molar-refractivity contribution in [2.24, 2.45) is 0 Å². The van der Waals surface area contributed by atoms with Gasteiger partial charge in [0.25, 0.3) is 0 Å². The minimum absolute atomic E-state index is 0.182. The van der Waals surface area contributed by atoms with E-state index in [4.69, 9.17) is 0 Å². The van der Waals surface area contributed by atoms with Gasteiger partial charge in [-0.1, -0.05) is 17.7 Å². The van der Waals surface area contributed by atoms with Crippen molar-refractivity contribution in [1.29, 1.82) is 0 Å². The van der Waals surface area contributed by atoms with Crippen molar-refractivity contribution in [2.75, 3.05) is 0 Å². The number of thiophene rings is 2. The van der Waals surface area contributed by atoms with Crippen LogP contribution in [0.5, 0.6) is 5.75 Å². The van der Waals surface area contributed by atoms with E-state index >= 15 is 0 Å². The van der Waals surface area contributed by atoms with Gasteiger partial charge in [0.05, 0.1) is 9.40 Å². The molecule has 0 aliphatic carbocycles. The summed E-state index contributed by atoms with van der Waals surface area (Å²) < 4.78 is 1.76. The van der Waals surface area contributed by atoms with E-state index in [9.17, 15) is 5.11 Å². The molecule has 1 nitrogen and oxygen atoms in total. The van der Waals surface area contributed by atoms with Crippen LogP contribution in [0.15, 0.2) is 35.0 Å². The van der Waals surface area contributed by atoms with E-state index < -0.39 is 0 Å². The fourth-order valence-electron chi connectivity index (χ4n) is 3.46. The molecule has 0 saturated carbocycles. The van der Waals surface area contributed by atoms with Crippen LogP contribution in [0.1, 0.15) is 16.7 Å². The summed E-state index contributed by atoms with van der Waals surface area (Å²) in [5.41, 5.74) is 6.33. The summed E-state index contributed by atoms with van der Waals surface area (Å²) in [4.78, 5) is 0. The first-order chi connectivity index (χ1) is 10.6. The fourth-order valence-corrected chi connectivity index (χ4v) is 5.21. The summed E-state index contributed by atoms with van der Waals surface area (Å²) in [5.74, 6) is 0.182. The SMILES string of the molecule is Cc1cc(C)c(-c2c3ccsc3c([O])c3sccc23)c(C)c1. The van der Waals surface area contributed by atoms with Gasteiger partial charge in [0, 0.05) is 10.8 Å². The molecule has 22 heavy (non-hydrogen) atoms. The first kappa shape index (κ1) is 13.8. The summed E-state index contributed by atoms with van der Waals surface area (Å²) in [5, 5.41) is 18.9. The lowest BCUT2D eigenvalue weighted by Crippen LogP contribution is -1.91. The van der Waals surface area contributed by atoms with Crippen molar-refractivity contribution in [3.8, 4) is 16.9 Å². The number of benzene rings is 2. The largest absolute Gasteiger partial charge is 0.287 e. The Bertz CT molecular complexity index is 946. The summed E-state index contributed by atoms with van der Waals surface area (Å²) in [6.07, 6.45) is 0. The van der Waals surface area contributed by atoms with Crippen LogP contribution in [-0.2, 0) is 5.11 Å². The molecule has 0 saturated heterocycles. The highest BCUT2D eigenvalue weighted by molar-refractivity contribution is 7.20. The van der Waals surface area contributed by atoms with Crippen LogP contribution in [0.3, 0.4) is 0 Å². The summed E-state index contributed by atoms with van der Waals surface area (Å²) >= 11 is 3.10. The number of aryl methyl sites for hydroxylation is 3. The Labute approximate surface area is 137 Å². The van der Waals surface area contributed by atoms with Gasteiger partial charge in [0.1, 0.15) is 0 Å². The van der Waals surface area contributed by atoms with Crippen molar-refractivity contribution in [3.05, 3.63) is 51.7 Å². The maximum absolute atomic E-state index is 12.6. The molecule has 0 bridgehead atoms. The van der Waals surface area contributed by atoms with Gasteiger partial charge >= 0.3 is 0 Å². The van der Waals surface area contributed by atoms with Crippen LogP contribution in [0.25, 0.3) is 31.3 Å². The molecule has 0 unspecified atom stereocenters. The van der Waals surface area contributed by atoms with E-state index in [-0.39, 0.29) is 5.75 Å². The predicted molar refractivity (Wildman–Crippen MR) is 97.0 cm³/mol. The van der Waals surface area contributed by atoms with E-state index in [1.165, 1.54) is 27.8 Å². The third-order valence-corrected chi connectivity index (χ3v) is 6.03. The highest BCUT2D eigenvalue weighted by Crippen LogP contribution is 2.48. The average molecular weight is 323 g/mol. The fraction of sp³-hybridized carbons (Fsp3) is 0.158. The Morgan fingerprint density at radius 2 is 1.27 bits per heavy atom. The second-order valence-electron chi connectivity index (χ2n) is 5.80. The van der Waals surface area contributed by atoms with Crippen LogP contribution in [-0.4, -0.2) is 0 Å². The number of rotatable bonds is 1. The van der Waals surface area contributed by atoms with Gasteiger partial charge in [0.2, 0.25) is 5.75 Å². The van der Waals surface area contributed by atoms with Crippen LogP contribution in [0.4, 0.5) is 0 Å². The number of fused-ring (bicyclic) bond motifs is 2. The monoisotopic (exact) mass is 323 g/mol. The molecule has 0 fully saturated rings. The molecule has 0 spiro atoms. The van der Waals surface area contributed by atoms with Crippen molar-refractivity contribution in [2.45, 2.75) is 20.8 Å². The molecule has 109 valence electrons. The van der Waals surface area contributed by atoms with Crippen LogP contribution < -0.4 is 0 Å². The zero-order valence-corrected chi connectivity index (χ0v) is 14.3. The van der Waals surface area contributed by atoms with Crippen molar-refractivity contribution in [3.63, 3.8) is 0 Å². The molecule has 3 heteroatoms. The third-order valence-electron chi connectivity index (χ3n) is 4.21. The Hall–Kier alpha value is -1.84. The van der Waals surface area contributed by atoms with Gasteiger partial charge in [-0.2, -0.15) is 0 Å². The van der Waals surface area contributed by atoms with Crippen LogP contribution in [0.2, 0.25) is 0 Å². The van der Waals surface area contributed by atoms with Crippen molar-refractivity contribution in [1.82, 2.24) is 0 Å². The van der Waals surface area contributed by atoms with Gasteiger partial charge < -0.3 is 0 Å². The van der Waals surface area contributed by atoms with Gasteiger partial charge in [-0.05, 0) is 65.9 Å². The van der Waals surface area contributed by atoms with Crippen molar-refractivity contribution >= 4 is 42.8 Å². The molecule has 0 aliphatic rings. The lowest BCUT2D eigenvalue weighted by molar-refractivity contribution is 0.367. The smallest absolute Gasteiger partial charge is 0.214 e. The Morgan fingerprint density at radius 1 is 0.773 bits per heavy atom. The predicted octanol–water partition coefficient (Wildman–Crippen LogP) is 6.85. The second kappa shape index (κ2) is 4.83. The third kappa shape index (κ3) is 1.82. The zero-order valence-electron chi connectivity index (χ0n) is 12.7. The molecule has 1 radical (unpaired) electrons. The van der Waals surface area contributed by atoms with Crippen molar-refractivity contribution < 1.29 is 5.11 Å². The topological polar surface area (TPSA) is 19.9 Å². The second-order valence-corrected chi connectivity index (χ2v) is 7.64. The molecule has 4 rings (SSSR count). The highest BCUT2D eigenvalue weighted by atomic mass is 32.1. The summed E-state index contributed by atoms with van der Waals surface area (Å²) in [6.45, 7) is 6.46. The molecular formula is C19H15OS2. The number of hydrogen-bond donors (Lipinski definition) is 0.